The molecule has 0 unspecified atom stereocenters. The summed E-state index contributed by atoms with van der Waals surface area (Å²) >= 11 is 3.41. The fraction of sp³-hybridized carbons (Fsp3) is 0.294. The van der Waals surface area contributed by atoms with E-state index in [0.717, 1.165) is 16.5 Å². The molecule has 2 rings (SSSR count). The topological polar surface area (TPSA) is 88.0 Å². The molecule has 1 heterocycles. The molecule has 0 spiro atoms. The van der Waals surface area contributed by atoms with Crippen LogP contribution in [0.15, 0.2) is 51.6 Å². The third-order valence-electron chi connectivity index (χ3n) is 3.58. The molecule has 3 amide bonds. The van der Waals surface area contributed by atoms with Crippen LogP contribution in [0, 0.1) is 0 Å². The average Bonchev–Trinajstić information content (AvgIpc) is 3.08. The van der Waals surface area contributed by atoms with Crippen LogP contribution in [-0.4, -0.2) is 18.5 Å². The predicted octanol–water partition coefficient (Wildman–Crippen LogP) is 2.08. The van der Waals surface area contributed by atoms with Gasteiger partial charge in [0.1, 0.15) is 11.8 Å². The molecular formula is C17H21BrN3O3+. The second kappa shape index (κ2) is 9.24. The van der Waals surface area contributed by atoms with E-state index in [9.17, 15) is 9.59 Å². The minimum absolute atomic E-state index is 0.176. The average molecular weight is 395 g/mol. The molecule has 4 N–H and O–H groups in total. The second-order valence-electron chi connectivity index (χ2n) is 5.32. The summed E-state index contributed by atoms with van der Waals surface area (Å²) in [5.41, 5.74) is 1.15. The maximum atomic E-state index is 11.9. The number of furan rings is 1. The molecule has 0 bridgehead atoms. The van der Waals surface area contributed by atoms with Crippen LogP contribution < -0.4 is 16.0 Å². The van der Waals surface area contributed by atoms with Crippen molar-refractivity contribution in [3.8, 4) is 0 Å². The third kappa shape index (κ3) is 5.82. The number of rotatable bonds is 7. The van der Waals surface area contributed by atoms with E-state index >= 15 is 0 Å². The molecule has 2 aromatic rings. The SMILES string of the molecule is CC[C@H]([NH2+]CC(=O)NC(=O)NCc1ccco1)c1ccc(Br)cc1. The summed E-state index contributed by atoms with van der Waals surface area (Å²) in [5, 5.41) is 6.81. The molecule has 0 aliphatic carbocycles. The molecule has 7 heteroatoms. The molecule has 0 saturated heterocycles. The van der Waals surface area contributed by atoms with Gasteiger partial charge in [0.2, 0.25) is 0 Å². The lowest BCUT2D eigenvalue weighted by atomic mass is 10.0. The van der Waals surface area contributed by atoms with Crippen LogP contribution in [-0.2, 0) is 11.3 Å². The van der Waals surface area contributed by atoms with Crippen LogP contribution in [0.25, 0.3) is 0 Å². The Morgan fingerprint density at radius 3 is 2.62 bits per heavy atom. The first kappa shape index (κ1) is 18.2. The Morgan fingerprint density at radius 1 is 1.25 bits per heavy atom. The minimum atomic E-state index is -0.526. The first-order chi connectivity index (χ1) is 11.6. The number of imide groups is 1. The Kier molecular flexibility index (Phi) is 7.02. The predicted molar refractivity (Wildman–Crippen MR) is 93.1 cm³/mol. The summed E-state index contributed by atoms with van der Waals surface area (Å²) in [7, 11) is 0. The van der Waals surface area contributed by atoms with Gasteiger partial charge in [0.15, 0.2) is 6.54 Å². The third-order valence-corrected chi connectivity index (χ3v) is 4.11. The van der Waals surface area contributed by atoms with Gasteiger partial charge in [0.05, 0.1) is 12.8 Å². The van der Waals surface area contributed by atoms with E-state index in [1.807, 2.05) is 29.6 Å². The van der Waals surface area contributed by atoms with Crippen molar-refractivity contribution >= 4 is 27.9 Å². The zero-order chi connectivity index (χ0) is 17.4. The van der Waals surface area contributed by atoms with E-state index in [-0.39, 0.29) is 25.0 Å². The van der Waals surface area contributed by atoms with Gasteiger partial charge >= 0.3 is 6.03 Å². The quantitative estimate of drug-likeness (QED) is 0.671. The number of urea groups is 1. The highest BCUT2D eigenvalue weighted by Crippen LogP contribution is 2.16. The monoisotopic (exact) mass is 394 g/mol. The molecule has 24 heavy (non-hydrogen) atoms. The van der Waals surface area contributed by atoms with Crippen LogP contribution in [0.4, 0.5) is 4.79 Å². The summed E-state index contributed by atoms with van der Waals surface area (Å²) in [6.45, 7) is 2.49. The summed E-state index contributed by atoms with van der Waals surface area (Å²) in [4.78, 5) is 23.6. The summed E-state index contributed by atoms with van der Waals surface area (Å²) in [6, 6.07) is 11.2. The number of carbonyl (C=O) groups is 2. The Labute approximate surface area is 149 Å². The smallest absolute Gasteiger partial charge is 0.321 e. The maximum Gasteiger partial charge on any atom is 0.321 e. The van der Waals surface area contributed by atoms with Gasteiger partial charge in [-0.15, -0.1) is 0 Å². The van der Waals surface area contributed by atoms with Crippen molar-refractivity contribution in [3.63, 3.8) is 0 Å². The van der Waals surface area contributed by atoms with Crippen molar-refractivity contribution in [1.82, 2.24) is 10.6 Å². The molecule has 0 aliphatic heterocycles. The molecule has 1 atom stereocenters. The van der Waals surface area contributed by atoms with E-state index in [1.54, 1.807) is 12.1 Å². The van der Waals surface area contributed by atoms with Crippen molar-refractivity contribution in [2.75, 3.05) is 6.54 Å². The molecule has 0 aliphatic rings. The first-order valence-electron chi connectivity index (χ1n) is 7.77. The standard InChI is InChI=1S/C17H20BrN3O3/c1-2-15(12-5-7-13(18)8-6-12)19-11-16(22)21-17(23)20-10-14-4-3-9-24-14/h3-9,15,19H,2,10-11H2,1H3,(H2,20,21,22,23)/p+1/t15-/m0/s1. The largest absolute Gasteiger partial charge is 0.467 e. The summed E-state index contributed by atoms with van der Waals surface area (Å²) in [6.07, 6.45) is 2.42. The van der Waals surface area contributed by atoms with Gasteiger partial charge in [0, 0.05) is 16.5 Å². The fourth-order valence-electron chi connectivity index (χ4n) is 2.30. The Hall–Kier alpha value is -2.12. The molecule has 0 fully saturated rings. The highest BCUT2D eigenvalue weighted by molar-refractivity contribution is 9.10. The van der Waals surface area contributed by atoms with Gasteiger partial charge in [-0.25, -0.2) is 4.79 Å². The Bertz CT molecular complexity index is 656. The first-order valence-corrected chi connectivity index (χ1v) is 8.56. The number of carbonyl (C=O) groups excluding carboxylic acids is 2. The molecule has 1 aromatic heterocycles. The minimum Gasteiger partial charge on any atom is -0.467 e. The van der Waals surface area contributed by atoms with Crippen LogP contribution >= 0.6 is 15.9 Å². The number of hydrogen-bond acceptors (Lipinski definition) is 3. The molecule has 0 radical (unpaired) electrons. The molecule has 6 nitrogen and oxygen atoms in total. The van der Waals surface area contributed by atoms with Crippen LogP contribution in [0.3, 0.4) is 0 Å². The Balaban J connectivity index is 1.74. The molecule has 1 aromatic carbocycles. The number of benzene rings is 1. The van der Waals surface area contributed by atoms with Crippen molar-refractivity contribution in [3.05, 3.63) is 58.5 Å². The van der Waals surface area contributed by atoms with Gasteiger partial charge in [-0.3, -0.25) is 10.1 Å². The van der Waals surface area contributed by atoms with Crippen molar-refractivity contribution < 1.29 is 19.3 Å². The maximum absolute atomic E-state index is 11.9. The zero-order valence-corrected chi connectivity index (χ0v) is 15.0. The number of halogens is 1. The Morgan fingerprint density at radius 2 is 2.00 bits per heavy atom. The van der Waals surface area contributed by atoms with Gasteiger partial charge in [-0.05, 0) is 24.3 Å². The van der Waals surface area contributed by atoms with Crippen LogP contribution in [0.2, 0.25) is 0 Å². The number of quaternary nitrogens is 1. The van der Waals surface area contributed by atoms with Crippen LogP contribution in [0.1, 0.15) is 30.7 Å². The lowest BCUT2D eigenvalue weighted by Gasteiger charge is -2.14. The van der Waals surface area contributed by atoms with E-state index < -0.39 is 6.03 Å². The number of hydrogen-bond donors (Lipinski definition) is 3. The number of nitrogens with one attached hydrogen (secondary N) is 2. The summed E-state index contributed by atoms with van der Waals surface area (Å²) < 4.78 is 6.12. The van der Waals surface area contributed by atoms with Crippen molar-refractivity contribution in [1.29, 1.82) is 0 Å². The highest BCUT2D eigenvalue weighted by atomic mass is 79.9. The fourth-order valence-corrected chi connectivity index (χ4v) is 2.56. The van der Waals surface area contributed by atoms with Gasteiger partial charge in [0.25, 0.3) is 5.91 Å². The molecule has 0 saturated carbocycles. The summed E-state index contributed by atoms with van der Waals surface area (Å²) in [5.74, 6) is 0.299. The lowest BCUT2D eigenvalue weighted by Crippen LogP contribution is -2.87. The van der Waals surface area contributed by atoms with Crippen molar-refractivity contribution in [2.45, 2.75) is 25.9 Å². The lowest BCUT2D eigenvalue weighted by molar-refractivity contribution is -0.686. The molecular weight excluding hydrogens is 374 g/mol. The second-order valence-corrected chi connectivity index (χ2v) is 6.23. The van der Waals surface area contributed by atoms with E-state index in [2.05, 4.69) is 33.5 Å². The van der Waals surface area contributed by atoms with E-state index in [0.29, 0.717) is 5.76 Å². The highest BCUT2D eigenvalue weighted by Gasteiger charge is 2.16. The van der Waals surface area contributed by atoms with Gasteiger partial charge < -0.3 is 15.1 Å². The zero-order valence-electron chi connectivity index (χ0n) is 13.4. The van der Waals surface area contributed by atoms with E-state index in [1.165, 1.54) is 6.26 Å². The van der Waals surface area contributed by atoms with Crippen LogP contribution in [0.5, 0.6) is 0 Å². The van der Waals surface area contributed by atoms with Gasteiger partial charge in [-0.2, -0.15) is 0 Å². The normalized spacial score (nSPS) is 11.8. The van der Waals surface area contributed by atoms with Gasteiger partial charge in [-0.1, -0.05) is 35.0 Å². The number of amides is 3. The van der Waals surface area contributed by atoms with Crippen molar-refractivity contribution in [2.24, 2.45) is 0 Å². The number of nitrogens with two attached hydrogens (primary N) is 1. The molecule has 128 valence electrons. The van der Waals surface area contributed by atoms with E-state index in [4.69, 9.17) is 4.42 Å².